The summed E-state index contributed by atoms with van der Waals surface area (Å²) in [4.78, 5) is 6.39. The van der Waals surface area contributed by atoms with Crippen LogP contribution in [-0.2, 0) is 13.0 Å². The summed E-state index contributed by atoms with van der Waals surface area (Å²) in [5.74, 6) is -0.182. The third-order valence-electron chi connectivity index (χ3n) is 3.68. The Morgan fingerprint density at radius 3 is 3.05 bits per heavy atom. The van der Waals surface area contributed by atoms with E-state index in [0.717, 1.165) is 43.0 Å². The molecule has 0 saturated carbocycles. The molecule has 0 unspecified atom stereocenters. The minimum Gasteiger partial charge on any atom is -0.340 e. The van der Waals surface area contributed by atoms with Crippen molar-refractivity contribution in [2.24, 2.45) is 0 Å². The minimum atomic E-state index is -0.182. The van der Waals surface area contributed by atoms with Gasteiger partial charge in [-0.05, 0) is 36.7 Å². The van der Waals surface area contributed by atoms with Gasteiger partial charge in [-0.2, -0.15) is 0 Å². The van der Waals surface area contributed by atoms with Gasteiger partial charge in [-0.3, -0.25) is 4.98 Å². The number of benzene rings is 1. The highest BCUT2D eigenvalue weighted by atomic mass is 19.1. The number of pyridine rings is 1. The van der Waals surface area contributed by atoms with Crippen molar-refractivity contribution >= 4 is 11.4 Å². The number of fused-ring (bicyclic) bond motifs is 1. The molecule has 1 aliphatic rings. The van der Waals surface area contributed by atoms with Crippen LogP contribution in [0.4, 0.5) is 15.8 Å². The quantitative estimate of drug-likeness (QED) is 0.926. The van der Waals surface area contributed by atoms with Gasteiger partial charge in [0.1, 0.15) is 5.82 Å². The smallest absolute Gasteiger partial charge is 0.125 e. The third-order valence-corrected chi connectivity index (χ3v) is 3.68. The van der Waals surface area contributed by atoms with Gasteiger partial charge in [-0.25, -0.2) is 4.39 Å². The monoisotopic (exact) mass is 271 g/mol. The Morgan fingerprint density at radius 1 is 1.30 bits per heavy atom. The molecule has 0 spiro atoms. The number of nitrogens with one attached hydrogen (secondary N) is 1. The average Bonchev–Trinajstić information content (AvgIpc) is 2.88. The van der Waals surface area contributed by atoms with Crippen molar-refractivity contribution in [2.45, 2.75) is 19.9 Å². The van der Waals surface area contributed by atoms with Gasteiger partial charge in [0.25, 0.3) is 0 Å². The van der Waals surface area contributed by atoms with E-state index in [2.05, 4.69) is 22.1 Å². The number of aromatic nitrogens is 1. The molecule has 0 radical (unpaired) electrons. The van der Waals surface area contributed by atoms with Crippen molar-refractivity contribution in [3.63, 3.8) is 0 Å². The Balaban J connectivity index is 1.97. The highest BCUT2D eigenvalue weighted by molar-refractivity contribution is 5.71. The summed E-state index contributed by atoms with van der Waals surface area (Å²) in [5, 5.41) is 3.32. The van der Waals surface area contributed by atoms with E-state index in [9.17, 15) is 4.39 Å². The lowest BCUT2D eigenvalue weighted by atomic mass is 10.1. The van der Waals surface area contributed by atoms with Gasteiger partial charge >= 0.3 is 0 Å². The van der Waals surface area contributed by atoms with E-state index < -0.39 is 0 Å². The first-order valence-electron chi connectivity index (χ1n) is 6.99. The van der Waals surface area contributed by atoms with E-state index in [4.69, 9.17) is 0 Å². The normalized spacial score (nSPS) is 13.6. The number of rotatable bonds is 4. The molecule has 0 aliphatic carbocycles. The summed E-state index contributed by atoms with van der Waals surface area (Å²) in [6, 6.07) is 7.05. The molecule has 3 rings (SSSR count). The van der Waals surface area contributed by atoms with Crippen LogP contribution in [0.25, 0.3) is 0 Å². The molecule has 3 nitrogen and oxygen atoms in total. The largest absolute Gasteiger partial charge is 0.340 e. The third kappa shape index (κ3) is 2.39. The number of nitrogens with zero attached hydrogens (tertiary/aromatic N) is 2. The average molecular weight is 271 g/mol. The van der Waals surface area contributed by atoms with Crippen LogP contribution < -0.4 is 10.2 Å². The van der Waals surface area contributed by atoms with Gasteiger partial charge in [0.2, 0.25) is 0 Å². The predicted octanol–water partition coefficient (Wildman–Crippen LogP) is 3.02. The Hall–Kier alpha value is -1.94. The highest BCUT2D eigenvalue weighted by Crippen LogP contribution is 2.36. The number of hydrogen-bond acceptors (Lipinski definition) is 3. The SMILES string of the molecule is CCNCc1cnccc1N1CCc2ccc(F)cc21. The van der Waals surface area contributed by atoms with Crippen LogP contribution in [0.3, 0.4) is 0 Å². The van der Waals surface area contributed by atoms with Gasteiger partial charge in [-0.1, -0.05) is 13.0 Å². The van der Waals surface area contributed by atoms with E-state index in [1.54, 1.807) is 12.3 Å². The molecule has 1 aromatic carbocycles. The van der Waals surface area contributed by atoms with Crippen LogP contribution in [-0.4, -0.2) is 18.1 Å². The summed E-state index contributed by atoms with van der Waals surface area (Å²) >= 11 is 0. The molecule has 1 N–H and O–H groups in total. The molecule has 2 aromatic rings. The van der Waals surface area contributed by atoms with Crippen LogP contribution in [0.1, 0.15) is 18.1 Å². The Bertz CT molecular complexity index is 612. The first-order valence-corrected chi connectivity index (χ1v) is 6.99. The maximum absolute atomic E-state index is 13.5. The molecule has 1 aromatic heterocycles. The molecule has 0 atom stereocenters. The van der Waals surface area contributed by atoms with Crippen molar-refractivity contribution in [3.05, 3.63) is 53.6 Å². The number of hydrogen-bond donors (Lipinski definition) is 1. The summed E-state index contributed by atoms with van der Waals surface area (Å²) in [6.45, 7) is 4.67. The van der Waals surface area contributed by atoms with Crippen LogP contribution in [0, 0.1) is 5.82 Å². The van der Waals surface area contributed by atoms with Gasteiger partial charge in [0.05, 0.1) is 0 Å². The molecule has 4 heteroatoms. The minimum absolute atomic E-state index is 0.182. The summed E-state index contributed by atoms with van der Waals surface area (Å²) < 4.78 is 13.5. The van der Waals surface area contributed by atoms with E-state index >= 15 is 0 Å². The van der Waals surface area contributed by atoms with E-state index in [0.29, 0.717) is 0 Å². The number of halogens is 1. The molecule has 0 amide bonds. The van der Waals surface area contributed by atoms with Crippen molar-refractivity contribution in [2.75, 3.05) is 18.0 Å². The molecule has 1 aliphatic heterocycles. The van der Waals surface area contributed by atoms with E-state index in [1.165, 1.54) is 11.6 Å². The van der Waals surface area contributed by atoms with Crippen LogP contribution in [0.5, 0.6) is 0 Å². The fourth-order valence-corrected chi connectivity index (χ4v) is 2.68. The molecule has 104 valence electrons. The molecule has 0 fully saturated rings. The van der Waals surface area contributed by atoms with Gasteiger partial charge in [0, 0.05) is 42.4 Å². The fraction of sp³-hybridized carbons (Fsp3) is 0.312. The van der Waals surface area contributed by atoms with Crippen molar-refractivity contribution in [1.29, 1.82) is 0 Å². The van der Waals surface area contributed by atoms with Crippen molar-refractivity contribution in [3.8, 4) is 0 Å². The second-order valence-electron chi connectivity index (χ2n) is 4.96. The summed E-state index contributed by atoms with van der Waals surface area (Å²) in [6.07, 6.45) is 4.63. The Morgan fingerprint density at radius 2 is 2.20 bits per heavy atom. The lowest BCUT2D eigenvalue weighted by Crippen LogP contribution is -2.19. The summed E-state index contributed by atoms with van der Waals surface area (Å²) in [5.41, 5.74) is 4.45. The lowest BCUT2D eigenvalue weighted by molar-refractivity contribution is 0.628. The molecule has 2 heterocycles. The zero-order valence-electron chi connectivity index (χ0n) is 11.6. The summed E-state index contributed by atoms with van der Waals surface area (Å²) in [7, 11) is 0. The second kappa shape index (κ2) is 5.59. The van der Waals surface area contributed by atoms with E-state index in [-0.39, 0.29) is 5.82 Å². The molecule has 0 saturated heterocycles. The zero-order chi connectivity index (χ0) is 13.9. The molecular weight excluding hydrogens is 253 g/mol. The Kier molecular flexibility index (Phi) is 3.65. The van der Waals surface area contributed by atoms with E-state index in [1.807, 2.05) is 18.3 Å². The Labute approximate surface area is 118 Å². The van der Waals surface area contributed by atoms with Gasteiger partial charge in [-0.15, -0.1) is 0 Å². The second-order valence-corrected chi connectivity index (χ2v) is 4.96. The first-order chi connectivity index (χ1) is 9.79. The van der Waals surface area contributed by atoms with Crippen molar-refractivity contribution < 1.29 is 4.39 Å². The highest BCUT2D eigenvalue weighted by Gasteiger charge is 2.22. The van der Waals surface area contributed by atoms with Gasteiger partial charge in [0.15, 0.2) is 0 Å². The zero-order valence-corrected chi connectivity index (χ0v) is 11.6. The van der Waals surface area contributed by atoms with Crippen LogP contribution >= 0.6 is 0 Å². The fourth-order valence-electron chi connectivity index (χ4n) is 2.68. The standard InChI is InChI=1S/C16H18FN3/c1-2-18-10-13-11-19-7-5-15(13)20-8-6-12-3-4-14(17)9-16(12)20/h3-5,7,9,11,18H,2,6,8,10H2,1H3. The predicted molar refractivity (Wildman–Crippen MR) is 78.7 cm³/mol. The molecular formula is C16H18FN3. The topological polar surface area (TPSA) is 28.2 Å². The lowest BCUT2D eigenvalue weighted by Gasteiger charge is -2.22. The number of anilines is 2. The van der Waals surface area contributed by atoms with Gasteiger partial charge < -0.3 is 10.2 Å². The first kappa shape index (κ1) is 13.1. The maximum Gasteiger partial charge on any atom is 0.125 e. The maximum atomic E-state index is 13.5. The molecule has 0 bridgehead atoms. The molecule has 20 heavy (non-hydrogen) atoms. The van der Waals surface area contributed by atoms with Crippen molar-refractivity contribution in [1.82, 2.24) is 10.3 Å². The van der Waals surface area contributed by atoms with Crippen LogP contribution in [0.2, 0.25) is 0 Å². The van der Waals surface area contributed by atoms with Crippen LogP contribution in [0.15, 0.2) is 36.7 Å².